The number of halogens is 2. The van der Waals surface area contributed by atoms with Crippen LogP contribution in [0.1, 0.15) is 12.5 Å². The molecule has 0 aliphatic carbocycles. The number of aromatic nitrogens is 8. The van der Waals surface area contributed by atoms with Gasteiger partial charge < -0.3 is 39.4 Å². The number of H-pyrrole nitrogens is 1. The van der Waals surface area contributed by atoms with Gasteiger partial charge in [-0.3, -0.25) is 23.4 Å². The molecule has 0 amide bonds. The van der Waals surface area contributed by atoms with Crippen molar-refractivity contribution in [1.82, 2.24) is 39.0 Å². The molecule has 0 saturated carbocycles. The highest BCUT2D eigenvalue weighted by molar-refractivity contribution is 8.07. The second-order valence-electron chi connectivity index (χ2n) is 9.69. The van der Waals surface area contributed by atoms with Crippen molar-refractivity contribution >= 4 is 61.7 Å². The Bertz CT molecular complexity index is 1800. The topological polar surface area (TPSA) is 235 Å². The zero-order chi connectivity index (χ0) is 30.0. The molecular weight excluding hydrogens is 640 g/mol. The van der Waals surface area contributed by atoms with Crippen LogP contribution in [0, 0.1) is 0 Å². The minimum atomic E-state index is -4.17. The van der Waals surface area contributed by atoms with Gasteiger partial charge in [-0.25, -0.2) is 28.7 Å². The quantitative estimate of drug-likeness (QED) is 0.209. The molecule has 3 aliphatic heterocycles. The van der Waals surface area contributed by atoms with Crippen molar-refractivity contribution < 1.29 is 41.2 Å². The van der Waals surface area contributed by atoms with E-state index in [1.54, 1.807) is 0 Å². The van der Waals surface area contributed by atoms with Crippen molar-refractivity contribution in [2.75, 3.05) is 24.7 Å². The molecule has 3 saturated heterocycles. The first-order valence-electron chi connectivity index (χ1n) is 12.5. The number of aromatic amines is 1. The lowest BCUT2D eigenvalue weighted by molar-refractivity contribution is -0.0536. The van der Waals surface area contributed by atoms with Gasteiger partial charge in [0.2, 0.25) is 5.95 Å². The molecule has 0 spiro atoms. The van der Waals surface area contributed by atoms with Gasteiger partial charge in [-0.2, -0.15) is 4.98 Å². The minimum absolute atomic E-state index is 0.0187. The van der Waals surface area contributed by atoms with Crippen LogP contribution in [0.3, 0.4) is 0 Å². The van der Waals surface area contributed by atoms with Gasteiger partial charge in [0.1, 0.15) is 36.3 Å². The van der Waals surface area contributed by atoms with Crippen molar-refractivity contribution in [3.63, 3.8) is 0 Å². The van der Waals surface area contributed by atoms with Gasteiger partial charge in [0.15, 0.2) is 56.5 Å². The molecular formula is C20H22F2N10O8P2S. The second kappa shape index (κ2) is 11.0. The SMILES string of the molecule is Nc1nc2c(ncn2[C@@H]2OC3COP(O)(=S)O[C@H]4[C@@H](F)[C@H](n5cnc6c(N)ncnc65)O[C@@H]4COPO[C@H]3[C@H]2F)c(=O)[nH]1. The number of nitrogen functional groups attached to an aromatic ring is 2. The maximum Gasteiger partial charge on any atom is 0.325 e. The summed E-state index contributed by atoms with van der Waals surface area (Å²) in [6.07, 6.45) is -7.69. The summed E-state index contributed by atoms with van der Waals surface area (Å²) in [4.78, 5) is 45.5. The number of imidazole rings is 2. The van der Waals surface area contributed by atoms with Gasteiger partial charge in [0, 0.05) is 0 Å². The van der Waals surface area contributed by atoms with Crippen LogP contribution in [0.4, 0.5) is 20.5 Å². The highest BCUT2D eigenvalue weighted by Crippen LogP contribution is 2.51. The highest BCUT2D eigenvalue weighted by atomic mass is 32.5. The maximum absolute atomic E-state index is 15.9. The minimum Gasteiger partial charge on any atom is -0.382 e. The van der Waals surface area contributed by atoms with Crippen LogP contribution in [0.5, 0.6) is 0 Å². The van der Waals surface area contributed by atoms with Crippen LogP contribution in [-0.2, 0) is 39.4 Å². The number of fused-ring (bicyclic) bond motifs is 4. The molecule has 4 aromatic rings. The molecule has 4 aromatic heterocycles. The number of rotatable bonds is 2. The largest absolute Gasteiger partial charge is 0.382 e. The predicted octanol–water partition coefficient (Wildman–Crippen LogP) is 0.137. The fourth-order valence-electron chi connectivity index (χ4n) is 5.11. The molecule has 0 aromatic carbocycles. The second-order valence-corrected chi connectivity index (χ2v) is 13.2. The van der Waals surface area contributed by atoms with Gasteiger partial charge >= 0.3 is 6.72 Å². The number of ether oxygens (including phenoxy) is 2. The smallest absolute Gasteiger partial charge is 0.325 e. The molecule has 43 heavy (non-hydrogen) atoms. The lowest BCUT2D eigenvalue weighted by Gasteiger charge is -2.27. The summed E-state index contributed by atoms with van der Waals surface area (Å²) in [7, 11) is -0.744. The third-order valence-electron chi connectivity index (χ3n) is 7.07. The zero-order valence-electron chi connectivity index (χ0n) is 21.5. The molecule has 7 rings (SSSR count). The first-order valence-corrected chi connectivity index (χ1v) is 15.9. The number of alkyl halides is 2. The molecule has 10 atom stereocenters. The monoisotopic (exact) mass is 662 g/mol. The maximum atomic E-state index is 15.9. The highest BCUT2D eigenvalue weighted by Gasteiger charge is 2.52. The Hall–Kier alpha value is -2.84. The first kappa shape index (κ1) is 28.9. The lowest BCUT2D eigenvalue weighted by Crippen LogP contribution is -2.36. The third kappa shape index (κ3) is 5.08. The Morgan fingerprint density at radius 2 is 1.67 bits per heavy atom. The fraction of sp³-hybridized carbons (Fsp3) is 0.500. The predicted molar refractivity (Wildman–Crippen MR) is 146 cm³/mol. The summed E-state index contributed by atoms with van der Waals surface area (Å²) in [5.74, 6) is -0.108. The number of nitrogens with zero attached hydrogens (tertiary/aromatic N) is 7. The summed E-state index contributed by atoms with van der Waals surface area (Å²) in [5.41, 5.74) is 11.2. The van der Waals surface area contributed by atoms with E-state index in [4.69, 9.17) is 50.8 Å². The summed E-state index contributed by atoms with van der Waals surface area (Å²) in [6.45, 7) is -4.95. The van der Waals surface area contributed by atoms with Crippen LogP contribution < -0.4 is 17.0 Å². The zero-order valence-corrected chi connectivity index (χ0v) is 24.2. The van der Waals surface area contributed by atoms with Gasteiger partial charge in [0.05, 0.1) is 25.9 Å². The van der Waals surface area contributed by atoms with E-state index in [-0.39, 0.29) is 40.7 Å². The summed E-state index contributed by atoms with van der Waals surface area (Å²) >= 11 is 5.16. The number of nitrogens with two attached hydrogens (primary N) is 2. The molecule has 0 radical (unpaired) electrons. The normalized spacial score (nSPS) is 36.0. The van der Waals surface area contributed by atoms with Crippen molar-refractivity contribution in [2.45, 2.75) is 49.2 Å². The average molecular weight is 662 g/mol. The fourth-order valence-corrected chi connectivity index (χ4v) is 7.24. The average Bonchev–Trinajstić information content (AvgIpc) is 3.71. The van der Waals surface area contributed by atoms with Crippen LogP contribution in [0.2, 0.25) is 0 Å². The van der Waals surface area contributed by atoms with Crippen molar-refractivity contribution in [2.24, 2.45) is 0 Å². The van der Waals surface area contributed by atoms with Gasteiger partial charge in [-0.15, -0.1) is 0 Å². The Labute approximate surface area is 245 Å². The summed E-state index contributed by atoms with van der Waals surface area (Å²) in [5, 5.41) is 0. The summed E-state index contributed by atoms with van der Waals surface area (Å²) < 4.78 is 68.3. The van der Waals surface area contributed by atoms with Gasteiger partial charge in [-0.1, -0.05) is 0 Å². The number of hydrogen-bond donors (Lipinski definition) is 4. The molecule has 23 heteroatoms. The first-order chi connectivity index (χ1) is 20.6. The molecule has 6 N–H and O–H groups in total. The molecule has 18 nitrogen and oxygen atoms in total. The van der Waals surface area contributed by atoms with Crippen molar-refractivity contribution in [3.05, 3.63) is 29.3 Å². The van der Waals surface area contributed by atoms with Gasteiger partial charge in [0.25, 0.3) is 5.56 Å². The number of nitrogens with one attached hydrogen (secondary N) is 1. The van der Waals surface area contributed by atoms with Crippen LogP contribution in [0.15, 0.2) is 23.8 Å². The lowest BCUT2D eigenvalue weighted by atomic mass is 10.1. The Kier molecular flexibility index (Phi) is 7.36. The van der Waals surface area contributed by atoms with Crippen molar-refractivity contribution in [1.29, 1.82) is 0 Å². The molecule has 230 valence electrons. The van der Waals surface area contributed by atoms with E-state index in [2.05, 4.69) is 29.9 Å². The molecule has 0 bridgehead atoms. The van der Waals surface area contributed by atoms with Crippen LogP contribution >= 0.6 is 15.8 Å². The van der Waals surface area contributed by atoms with E-state index < -0.39 is 77.1 Å². The van der Waals surface area contributed by atoms with E-state index in [9.17, 15) is 9.69 Å². The molecule has 7 heterocycles. The van der Waals surface area contributed by atoms with Crippen LogP contribution in [0.25, 0.3) is 22.3 Å². The van der Waals surface area contributed by atoms with E-state index in [1.165, 1.54) is 28.1 Å². The molecule has 3 unspecified atom stereocenters. The number of anilines is 2. The summed E-state index contributed by atoms with van der Waals surface area (Å²) in [6, 6.07) is 0. The van der Waals surface area contributed by atoms with Crippen molar-refractivity contribution in [3.8, 4) is 0 Å². The van der Waals surface area contributed by atoms with Gasteiger partial charge in [-0.05, 0) is 11.8 Å². The van der Waals surface area contributed by atoms with Crippen LogP contribution in [-0.4, -0.2) is 93.9 Å². The van der Waals surface area contributed by atoms with E-state index in [1.807, 2.05) is 0 Å². The van der Waals surface area contributed by atoms with E-state index >= 15 is 8.78 Å². The van der Waals surface area contributed by atoms with E-state index in [0.717, 1.165) is 0 Å². The third-order valence-corrected chi connectivity index (χ3v) is 9.28. The Morgan fingerprint density at radius 3 is 2.44 bits per heavy atom. The molecule has 3 aliphatic rings. The Morgan fingerprint density at radius 1 is 1.00 bits per heavy atom. The standard InChI is InChI=1S/C20H22F2N10O8P2S/c21-8-12-7(38-18(8)32-5-28-11-16(32)29-20(24)30-17(11)33)2-36-42(34,43)40-13-6(1-35-41-39-12)37-19(9(13)22)31-4-27-10-14(23)25-3-26-15(10)31/h3-9,12-13,18-19,41H,1-2H2,(H,34,43)(H2,23,25,26)(H3,24,29,30,33)/t6-,7?,8-,9-,12-,13-,18-,19-,42?/m1/s1. The van der Waals surface area contributed by atoms with E-state index in [0.29, 0.717) is 0 Å². The Balaban J connectivity index is 1.12. The molecule has 3 fully saturated rings. The number of hydrogen-bond acceptors (Lipinski definition) is 15.